The van der Waals surface area contributed by atoms with Gasteiger partial charge in [-0.05, 0) is 11.5 Å². The van der Waals surface area contributed by atoms with Crippen LogP contribution in [0.4, 0.5) is 0 Å². The summed E-state index contributed by atoms with van der Waals surface area (Å²) in [5.41, 5.74) is 3.90. The minimum absolute atomic E-state index is 0.530. The molecule has 0 aliphatic carbocycles. The third-order valence-electron chi connectivity index (χ3n) is 1.43. The summed E-state index contributed by atoms with van der Waals surface area (Å²) in [4.78, 5) is 5.21. The van der Waals surface area contributed by atoms with Crippen molar-refractivity contribution in [2.75, 3.05) is 13.2 Å². The third-order valence-corrected chi connectivity index (χ3v) is 1.43. The fraction of sp³-hybridized carbons (Fsp3) is 0.455. The first-order valence-electron chi connectivity index (χ1n) is 4.49. The van der Waals surface area contributed by atoms with Gasteiger partial charge in [0.25, 0.3) is 0 Å². The molecule has 13 heavy (non-hydrogen) atoms. The predicted octanol–water partition coefficient (Wildman–Crippen LogP) is 2.46. The van der Waals surface area contributed by atoms with Crippen molar-refractivity contribution in [3.63, 3.8) is 0 Å². The minimum Gasteiger partial charge on any atom is -0.297 e. The summed E-state index contributed by atoms with van der Waals surface area (Å²) in [5.74, 6) is 0.593. The molecule has 0 atom stereocenters. The second kappa shape index (κ2) is 7.77. The lowest BCUT2D eigenvalue weighted by Gasteiger charge is -2.07. The van der Waals surface area contributed by atoms with Gasteiger partial charge in [0.05, 0.1) is 6.61 Å². The van der Waals surface area contributed by atoms with E-state index in [0.29, 0.717) is 12.5 Å². The Hall–Kier alpha value is -0.860. The fourth-order valence-electron chi connectivity index (χ4n) is 0.686. The van der Waals surface area contributed by atoms with Crippen molar-refractivity contribution in [2.45, 2.75) is 13.8 Å². The van der Waals surface area contributed by atoms with E-state index in [-0.39, 0.29) is 0 Å². The second-order valence-electron chi connectivity index (χ2n) is 3.21. The number of rotatable bonds is 7. The molecule has 0 aliphatic heterocycles. The molecule has 0 spiro atoms. The molecule has 0 aliphatic rings. The van der Waals surface area contributed by atoms with Gasteiger partial charge in [-0.3, -0.25) is 4.84 Å². The highest BCUT2D eigenvalue weighted by atomic mass is 16.6. The molecule has 0 fully saturated rings. The maximum Gasteiger partial charge on any atom is 0.0932 e. The lowest BCUT2D eigenvalue weighted by molar-refractivity contribution is 0.0523. The summed E-state index contributed by atoms with van der Waals surface area (Å²) >= 11 is 0. The molecule has 0 aromatic heterocycles. The van der Waals surface area contributed by atoms with Crippen molar-refractivity contribution in [1.82, 2.24) is 5.48 Å². The van der Waals surface area contributed by atoms with Gasteiger partial charge >= 0.3 is 0 Å². The van der Waals surface area contributed by atoms with E-state index in [1.807, 2.05) is 6.08 Å². The molecular formula is C11H19NO. The fourth-order valence-corrected chi connectivity index (χ4v) is 0.686. The summed E-state index contributed by atoms with van der Waals surface area (Å²) in [5, 5.41) is 0. The largest absolute Gasteiger partial charge is 0.297 e. The summed E-state index contributed by atoms with van der Waals surface area (Å²) in [6.45, 7) is 12.9. The summed E-state index contributed by atoms with van der Waals surface area (Å²) in [6, 6.07) is 0. The van der Waals surface area contributed by atoms with Crippen LogP contribution in [0.1, 0.15) is 13.8 Å². The Morgan fingerprint density at radius 1 is 1.46 bits per heavy atom. The maximum absolute atomic E-state index is 5.21. The standard InChI is InChI=1S/C11H19NO/c1-5-7-11(6-2)9-13-12-8-10(3)4/h5-7,10,12H,1-2,8-9H2,3-4H3/b11-7+. The van der Waals surface area contributed by atoms with Crippen LogP contribution >= 0.6 is 0 Å². The van der Waals surface area contributed by atoms with E-state index in [1.54, 1.807) is 12.2 Å². The lowest BCUT2D eigenvalue weighted by atomic mass is 10.2. The zero-order valence-corrected chi connectivity index (χ0v) is 8.55. The van der Waals surface area contributed by atoms with Crippen molar-refractivity contribution in [3.8, 4) is 0 Å². The number of allylic oxidation sites excluding steroid dienone is 2. The number of hydroxylamine groups is 1. The monoisotopic (exact) mass is 181 g/mol. The van der Waals surface area contributed by atoms with Crippen LogP contribution in [-0.4, -0.2) is 13.2 Å². The van der Waals surface area contributed by atoms with Gasteiger partial charge in [-0.25, -0.2) is 5.48 Å². The molecule has 0 rings (SSSR count). The van der Waals surface area contributed by atoms with E-state index in [4.69, 9.17) is 4.84 Å². The molecule has 2 heteroatoms. The van der Waals surface area contributed by atoms with Crippen molar-refractivity contribution in [3.05, 3.63) is 37.0 Å². The highest BCUT2D eigenvalue weighted by Crippen LogP contribution is 1.96. The molecule has 74 valence electrons. The zero-order chi connectivity index (χ0) is 10.1. The van der Waals surface area contributed by atoms with E-state index in [0.717, 1.165) is 12.1 Å². The van der Waals surface area contributed by atoms with Crippen LogP contribution in [0.15, 0.2) is 37.0 Å². The topological polar surface area (TPSA) is 21.3 Å². The predicted molar refractivity (Wildman–Crippen MR) is 57.3 cm³/mol. The van der Waals surface area contributed by atoms with Crippen LogP contribution in [0.25, 0.3) is 0 Å². The Morgan fingerprint density at radius 3 is 2.62 bits per heavy atom. The van der Waals surface area contributed by atoms with E-state index >= 15 is 0 Å². The van der Waals surface area contributed by atoms with Crippen molar-refractivity contribution < 1.29 is 4.84 Å². The van der Waals surface area contributed by atoms with E-state index in [1.165, 1.54) is 0 Å². The SMILES string of the molecule is C=C/C=C(\C=C)CONCC(C)C. The summed E-state index contributed by atoms with van der Waals surface area (Å²) < 4.78 is 0. The first-order valence-corrected chi connectivity index (χ1v) is 4.49. The molecule has 0 amide bonds. The average Bonchev–Trinajstić information content (AvgIpc) is 2.10. The molecule has 0 bridgehead atoms. The Balaban J connectivity index is 3.56. The Labute approximate surface area is 80.9 Å². The number of hydrogen-bond donors (Lipinski definition) is 1. The summed E-state index contributed by atoms with van der Waals surface area (Å²) in [7, 11) is 0. The Morgan fingerprint density at radius 2 is 2.15 bits per heavy atom. The Kier molecular flexibility index (Phi) is 7.26. The van der Waals surface area contributed by atoms with Crippen LogP contribution in [0.2, 0.25) is 0 Å². The average molecular weight is 181 g/mol. The molecule has 0 aromatic carbocycles. The van der Waals surface area contributed by atoms with Gasteiger partial charge in [0.2, 0.25) is 0 Å². The van der Waals surface area contributed by atoms with Crippen molar-refractivity contribution in [2.24, 2.45) is 5.92 Å². The molecule has 0 aromatic rings. The normalized spacial score (nSPS) is 11.8. The number of nitrogens with one attached hydrogen (secondary N) is 1. The van der Waals surface area contributed by atoms with Crippen LogP contribution in [0.3, 0.4) is 0 Å². The molecule has 0 radical (unpaired) electrons. The first-order chi connectivity index (χ1) is 6.20. The molecule has 0 saturated heterocycles. The third kappa shape index (κ3) is 7.50. The quantitative estimate of drug-likeness (QED) is 0.370. The second-order valence-corrected chi connectivity index (χ2v) is 3.21. The highest BCUT2D eigenvalue weighted by Gasteiger charge is 1.93. The van der Waals surface area contributed by atoms with Gasteiger partial charge in [-0.1, -0.05) is 45.2 Å². The summed E-state index contributed by atoms with van der Waals surface area (Å²) in [6.07, 6.45) is 5.37. The van der Waals surface area contributed by atoms with Gasteiger partial charge < -0.3 is 0 Å². The van der Waals surface area contributed by atoms with E-state index in [2.05, 4.69) is 32.5 Å². The van der Waals surface area contributed by atoms with Gasteiger partial charge in [-0.2, -0.15) is 0 Å². The van der Waals surface area contributed by atoms with Crippen LogP contribution in [-0.2, 0) is 4.84 Å². The van der Waals surface area contributed by atoms with Gasteiger partial charge in [-0.15, -0.1) is 0 Å². The van der Waals surface area contributed by atoms with Gasteiger partial charge in [0.1, 0.15) is 0 Å². The molecule has 0 unspecified atom stereocenters. The van der Waals surface area contributed by atoms with E-state index < -0.39 is 0 Å². The van der Waals surface area contributed by atoms with Crippen LogP contribution < -0.4 is 5.48 Å². The molecule has 0 saturated carbocycles. The molecule has 1 N–H and O–H groups in total. The van der Waals surface area contributed by atoms with Gasteiger partial charge in [0.15, 0.2) is 0 Å². The lowest BCUT2D eigenvalue weighted by Crippen LogP contribution is -2.20. The minimum atomic E-state index is 0.530. The maximum atomic E-state index is 5.21. The number of hydrogen-bond acceptors (Lipinski definition) is 2. The van der Waals surface area contributed by atoms with Crippen LogP contribution in [0.5, 0.6) is 0 Å². The smallest absolute Gasteiger partial charge is 0.0932 e. The molecule has 2 nitrogen and oxygen atoms in total. The first kappa shape index (κ1) is 12.1. The Bertz CT molecular complexity index is 183. The van der Waals surface area contributed by atoms with Gasteiger partial charge in [0, 0.05) is 6.54 Å². The van der Waals surface area contributed by atoms with Crippen molar-refractivity contribution >= 4 is 0 Å². The zero-order valence-electron chi connectivity index (χ0n) is 8.55. The molecular weight excluding hydrogens is 162 g/mol. The van der Waals surface area contributed by atoms with E-state index in [9.17, 15) is 0 Å². The van der Waals surface area contributed by atoms with Crippen molar-refractivity contribution in [1.29, 1.82) is 0 Å². The highest BCUT2D eigenvalue weighted by molar-refractivity contribution is 5.21. The molecule has 0 heterocycles. The van der Waals surface area contributed by atoms with Crippen LogP contribution in [0, 0.1) is 5.92 Å².